The van der Waals surface area contributed by atoms with Crippen molar-refractivity contribution in [3.05, 3.63) is 47.1 Å². The highest BCUT2D eigenvalue weighted by Gasteiger charge is 2.16. The summed E-state index contributed by atoms with van der Waals surface area (Å²) >= 11 is 6.16. The number of nitrogens with zero attached hydrogens (tertiary/aromatic N) is 3. The van der Waals surface area contributed by atoms with Gasteiger partial charge in [-0.05, 0) is 25.5 Å². The van der Waals surface area contributed by atoms with E-state index in [0.29, 0.717) is 17.3 Å². The van der Waals surface area contributed by atoms with Crippen LogP contribution in [-0.2, 0) is 0 Å². The molecule has 22 heavy (non-hydrogen) atoms. The van der Waals surface area contributed by atoms with Crippen LogP contribution in [0, 0.1) is 6.92 Å². The molecule has 0 aliphatic rings. The third kappa shape index (κ3) is 2.57. The maximum atomic E-state index is 12.4. The zero-order valence-electron chi connectivity index (χ0n) is 12.3. The van der Waals surface area contributed by atoms with Gasteiger partial charge in [-0.25, -0.2) is 9.67 Å². The summed E-state index contributed by atoms with van der Waals surface area (Å²) in [5, 5.41) is 8.53. The minimum Gasteiger partial charge on any atom is -0.349 e. The van der Waals surface area contributed by atoms with Crippen molar-refractivity contribution in [3.63, 3.8) is 0 Å². The molecule has 114 valence electrons. The number of carbonyl (C=O) groups is 1. The number of hydrogen-bond donors (Lipinski definition) is 2. The summed E-state index contributed by atoms with van der Waals surface area (Å²) in [7, 11) is 0. The van der Waals surface area contributed by atoms with Gasteiger partial charge >= 0.3 is 0 Å². The van der Waals surface area contributed by atoms with E-state index in [2.05, 4.69) is 20.4 Å². The molecule has 1 aromatic carbocycles. The summed E-state index contributed by atoms with van der Waals surface area (Å²) in [6.45, 7) is 4.33. The molecular formula is C15H16ClN5O. The number of fused-ring (bicyclic) bond motifs is 1. The Balaban J connectivity index is 1.78. The van der Waals surface area contributed by atoms with Crippen LogP contribution in [0.25, 0.3) is 10.9 Å². The van der Waals surface area contributed by atoms with Crippen molar-refractivity contribution in [2.75, 3.05) is 6.54 Å². The topological polar surface area (TPSA) is 75.6 Å². The minimum absolute atomic E-state index is 0.0275. The molecule has 0 saturated heterocycles. The summed E-state index contributed by atoms with van der Waals surface area (Å²) in [5.74, 6) is -0.156. The molecule has 2 N–H and O–H groups in total. The van der Waals surface area contributed by atoms with Crippen LogP contribution in [0.4, 0.5) is 0 Å². The predicted octanol–water partition coefficient (Wildman–Crippen LogP) is 2.71. The average molecular weight is 318 g/mol. The van der Waals surface area contributed by atoms with Crippen LogP contribution in [-0.4, -0.2) is 32.2 Å². The summed E-state index contributed by atoms with van der Waals surface area (Å²) < 4.78 is 1.70. The summed E-state index contributed by atoms with van der Waals surface area (Å²) in [5.41, 5.74) is 2.22. The van der Waals surface area contributed by atoms with Crippen LogP contribution >= 0.6 is 11.6 Å². The number of amides is 1. The van der Waals surface area contributed by atoms with E-state index in [1.165, 1.54) is 6.33 Å². The number of hydrogen-bond acceptors (Lipinski definition) is 3. The fourth-order valence-corrected chi connectivity index (χ4v) is 2.63. The zero-order valence-corrected chi connectivity index (χ0v) is 13.1. The van der Waals surface area contributed by atoms with Crippen LogP contribution < -0.4 is 5.32 Å². The third-order valence-electron chi connectivity index (χ3n) is 3.72. The van der Waals surface area contributed by atoms with Gasteiger partial charge in [0.1, 0.15) is 18.3 Å². The third-order valence-corrected chi connectivity index (χ3v) is 4.03. The van der Waals surface area contributed by atoms with E-state index in [-0.39, 0.29) is 11.9 Å². The second-order valence-corrected chi connectivity index (χ2v) is 5.63. The van der Waals surface area contributed by atoms with Gasteiger partial charge in [-0.1, -0.05) is 23.7 Å². The molecule has 2 heterocycles. The van der Waals surface area contributed by atoms with Gasteiger partial charge in [-0.15, -0.1) is 0 Å². The molecular weight excluding hydrogens is 302 g/mol. The summed E-state index contributed by atoms with van der Waals surface area (Å²) in [4.78, 5) is 19.4. The first-order chi connectivity index (χ1) is 10.6. The van der Waals surface area contributed by atoms with Crippen molar-refractivity contribution in [1.29, 1.82) is 0 Å². The van der Waals surface area contributed by atoms with Crippen LogP contribution in [0.5, 0.6) is 0 Å². The Labute approximate surface area is 132 Å². The number of aryl methyl sites for hydroxylation is 1. The van der Waals surface area contributed by atoms with Crippen molar-refractivity contribution >= 4 is 28.4 Å². The SMILES string of the molecule is Cc1c(C(=O)NCC(C)n2cncn2)[nH]c2c(Cl)cccc12. The lowest BCUT2D eigenvalue weighted by atomic mass is 10.1. The highest BCUT2D eigenvalue weighted by Crippen LogP contribution is 2.27. The Bertz CT molecular complexity index is 809. The highest BCUT2D eigenvalue weighted by molar-refractivity contribution is 6.35. The lowest BCUT2D eigenvalue weighted by molar-refractivity contribution is 0.0943. The number of aromatic amines is 1. The van der Waals surface area contributed by atoms with E-state index in [0.717, 1.165) is 16.5 Å². The highest BCUT2D eigenvalue weighted by atomic mass is 35.5. The van der Waals surface area contributed by atoms with Gasteiger partial charge in [0.25, 0.3) is 5.91 Å². The molecule has 1 atom stereocenters. The average Bonchev–Trinajstić information content (AvgIpc) is 3.14. The van der Waals surface area contributed by atoms with Gasteiger partial charge in [0.05, 0.1) is 16.6 Å². The van der Waals surface area contributed by atoms with E-state index in [1.54, 1.807) is 17.1 Å². The first-order valence-corrected chi connectivity index (χ1v) is 7.35. The number of benzene rings is 1. The van der Waals surface area contributed by atoms with E-state index in [9.17, 15) is 4.79 Å². The van der Waals surface area contributed by atoms with Crippen molar-refractivity contribution in [3.8, 4) is 0 Å². The van der Waals surface area contributed by atoms with Crippen molar-refractivity contribution < 1.29 is 4.79 Å². The van der Waals surface area contributed by atoms with Gasteiger partial charge in [-0.2, -0.15) is 5.10 Å². The lowest BCUT2D eigenvalue weighted by Gasteiger charge is -2.12. The number of carbonyl (C=O) groups excluding carboxylic acids is 1. The van der Waals surface area contributed by atoms with Gasteiger partial charge < -0.3 is 10.3 Å². The molecule has 0 fully saturated rings. The molecule has 0 aliphatic heterocycles. The van der Waals surface area contributed by atoms with E-state index >= 15 is 0 Å². The molecule has 6 nitrogen and oxygen atoms in total. The van der Waals surface area contributed by atoms with Crippen LogP contribution in [0.1, 0.15) is 29.0 Å². The van der Waals surface area contributed by atoms with Crippen molar-refractivity contribution in [1.82, 2.24) is 25.1 Å². The van der Waals surface area contributed by atoms with Gasteiger partial charge in [-0.3, -0.25) is 4.79 Å². The Morgan fingerprint density at radius 3 is 3.00 bits per heavy atom. The van der Waals surface area contributed by atoms with E-state index in [4.69, 9.17) is 11.6 Å². The van der Waals surface area contributed by atoms with Crippen LogP contribution in [0.2, 0.25) is 5.02 Å². The van der Waals surface area contributed by atoms with E-state index < -0.39 is 0 Å². The number of halogens is 1. The minimum atomic E-state index is -0.156. The molecule has 0 bridgehead atoms. The largest absolute Gasteiger partial charge is 0.349 e. The van der Waals surface area contributed by atoms with Gasteiger partial charge in [0.2, 0.25) is 0 Å². The van der Waals surface area contributed by atoms with Crippen LogP contribution in [0.15, 0.2) is 30.9 Å². The standard InChI is InChI=1S/C15H16ClN5O/c1-9(21-8-17-7-19-21)6-18-15(22)13-10(2)11-4-3-5-12(16)14(11)20-13/h3-5,7-9,20H,6H2,1-2H3,(H,18,22). The second-order valence-electron chi connectivity index (χ2n) is 5.22. The maximum Gasteiger partial charge on any atom is 0.268 e. The molecule has 3 rings (SSSR count). The van der Waals surface area contributed by atoms with Crippen LogP contribution in [0.3, 0.4) is 0 Å². The Morgan fingerprint density at radius 1 is 1.50 bits per heavy atom. The molecule has 0 aliphatic carbocycles. The Hall–Kier alpha value is -2.34. The smallest absolute Gasteiger partial charge is 0.268 e. The quantitative estimate of drug-likeness (QED) is 0.777. The van der Waals surface area contributed by atoms with E-state index in [1.807, 2.05) is 26.0 Å². The predicted molar refractivity (Wildman–Crippen MR) is 85.1 cm³/mol. The van der Waals surface area contributed by atoms with Crippen molar-refractivity contribution in [2.24, 2.45) is 0 Å². The number of H-pyrrole nitrogens is 1. The molecule has 1 amide bonds. The second kappa shape index (κ2) is 5.81. The maximum absolute atomic E-state index is 12.4. The number of para-hydroxylation sites is 1. The fourth-order valence-electron chi connectivity index (χ4n) is 2.41. The Morgan fingerprint density at radius 2 is 2.32 bits per heavy atom. The van der Waals surface area contributed by atoms with Crippen molar-refractivity contribution in [2.45, 2.75) is 19.9 Å². The molecule has 0 radical (unpaired) electrons. The fraction of sp³-hybridized carbons (Fsp3) is 0.267. The molecule has 3 aromatic rings. The molecule has 0 saturated carbocycles. The van der Waals surface area contributed by atoms with Gasteiger partial charge in [0.15, 0.2) is 0 Å². The zero-order chi connectivity index (χ0) is 15.7. The molecule has 2 aromatic heterocycles. The number of nitrogens with one attached hydrogen (secondary N) is 2. The van der Waals surface area contributed by atoms with Gasteiger partial charge in [0, 0.05) is 11.9 Å². The first-order valence-electron chi connectivity index (χ1n) is 6.97. The summed E-state index contributed by atoms with van der Waals surface area (Å²) in [6, 6.07) is 5.65. The number of aromatic nitrogens is 4. The number of rotatable bonds is 4. The first kappa shape index (κ1) is 14.6. The molecule has 7 heteroatoms. The monoisotopic (exact) mass is 317 g/mol. The normalized spacial score (nSPS) is 12.5. The molecule has 0 spiro atoms. The Kier molecular flexibility index (Phi) is 3.85. The molecule has 1 unspecified atom stereocenters. The summed E-state index contributed by atoms with van der Waals surface area (Å²) in [6.07, 6.45) is 3.10. The lowest BCUT2D eigenvalue weighted by Crippen LogP contribution is -2.30.